The van der Waals surface area contributed by atoms with E-state index >= 15 is 0 Å². The molecule has 6 nitrogen and oxygen atoms in total. The van der Waals surface area contributed by atoms with Crippen molar-refractivity contribution in [3.05, 3.63) is 45.0 Å². The molecule has 32 heavy (non-hydrogen) atoms. The summed E-state index contributed by atoms with van der Waals surface area (Å²) in [5.74, 6) is 0.724. The third-order valence-corrected chi connectivity index (χ3v) is 5.90. The average molecular weight is 565 g/mol. The number of imidazole rings is 1. The lowest BCUT2D eigenvalue weighted by atomic mass is 10.0. The molecule has 1 aromatic carbocycles. The summed E-state index contributed by atoms with van der Waals surface area (Å²) in [5.41, 5.74) is 1.22. The summed E-state index contributed by atoms with van der Waals surface area (Å²) >= 11 is 2.20. The van der Waals surface area contributed by atoms with Gasteiger partial charge in [-0.2, -0.15) is 0 Å². The number of amides is 1. The van der Waals surface area contributed by atoms with Gasteiger partial charge in [-0.25, -0.2) is 9.78 Å². The summed E-state index contributed by atoms with van der Waals surface area (Å²) in [7, 11) is 0. The van der Waals surface area contributed by atoms with Gasteiger partial charge in [-0.05, 0) is 73.9 Å². The van der Waals surface area contributed by atoms with E-state index < -0.39 is 12.0 Å². The molecule has 10 heteroatoms. The Morgan fingerprint density at radius 1 is 1.19 bits per heavy atom. The maximum atomic E-state index is 13.0. The molecule has 0 saturated heterocycles. The van der Waals surface area contributed by atoms with E-state index in [1.54, 1.807) is 17.0 Å². The number of hydrogen-bond donors (Lipinski definition) is 0. The predicted molar refractivity (Wildman–Crippen MR) is 121 cm³/mol. The minimum Gasteiger partial charge on any atom is -0.444 e. The van der Waals surface area contributed by atoms with Gasteiger partial charge in [0, 0.05) is 19.5 Å². The van der Waals surface area contributed by atoms with Crippen molar-refractivity contribution in [3.8, 4) is 5.75 Å². The molecule has 1 aliphatic rings. The molecule has 2 heterocycles. The average Bonchev–Trinajstić information content (AvgIpc) is 3.01. The summed E-state index contributed by atoms with van der Waals surface area (Å²) in [6.07, 6.45) is -3.15. The Morgan fingerprint density at radius 2 is 1.84 bits per heavy atom. The molecule has 1 atom stereocenters. The van der Waals surface area contributed by atoms with Crippen LogP contribution in [0.2, 0.25) is 0 Å². The van der Waals surface area contributed by atoms with Gasteiger partial charge in [-0.15, -0.1) is 13.2 Å². The zero-order valence-electron chi connectivity index (χ0n) is 18.5. The van der Waals surface area contributed by atoms with Gasteiger partial charge in [0.15, 0.2) is 0 Å². The van der Waals surface area contributed by atoms with E-state index in [4.69, 9.17) is 4.74 Å². The van der Waals surface area contributed by atoms with Gasteiger partial charge in [0.25, 0.3) is 0 Å². The number of carbonyl (C=O) groups is 1. The van der Waals surface area contributed by atoms with Gasteiger partial charge in [-0.3, -0.25) is 4.90 Å². The van der Waals surface area contributed by atoms with E-state index in [1.165, 1.54) is 12.1 Å². The third kappa shape index (κ3) is 6.08. The van der Waals surface area contributed by atoms with Crippen molar-refractivity contribution in [2.24, 2.45) is 0 Å². The van der Waals surface area contributed by atoms with Crippen LogP contribution < -0.4 is 4.74 Å². The lowest BCUT2D eigenvalue weighted by Crippen LogP contribution is -2.45. The van der Waals surface area contributed by atoms with E-state index in [0.717, 1.165) is 27.2 Å². The van der Waals surface area contributed by atoms with Crippen LogP contribution in [-0.4, -0.2) is 39.1 Å². The van der Waals surface area contributed by atoms with Crippen LogP contribution in [0.5, 0.6) is 5.75 Å². The molecule has 0 N–H and O–H groups in total. The molecule has 0 spiro atoms. The monoisotopic (exact) mass is 565 g/mol. The molecule has 1 aromatic heterocycles. The highest BCUT2D eigenvalue weighted by Crippen LogP contribution is 2.35. The second kappa shape index (κ2) is 9.48. The SMILES string of the molecule is CCc1nc(I)c2n1CCN(C(=O)OC(C)(C)C)C2CCc1ccc(OC(F)(F)F)cc1. The minimum absolute atomic E-state index is 0.246. The summed E-state index contributed by atoms with van der Waals surface area (Å²) < 4.78 is 49.8. The van der Waals surface area contributed by atoms with Gasteiger partial charge in [0.05, 0.1) is 11.7 Å². The maximum absolute atomic E-state index is 13.0. The van der Waals surface area contributed by atoms with Crippen molar-refractivity contribution >= 4 is 28.7 Å². The molecular formula is C22H27F3IN3O3. The van der Waals surface area contributed by atoms with Gasteiger partial charge in [0.2, 0.25) is 0 Å². The fourth-order valence-electron chi connectivity index (χ4n) is 3.82. The summed E-state index contributed by atoms with van der Waals surface area (Å²) in [6.45, 7) is 8.69. The first-order valence-corrected chi connectivity index (χ1v) is 11.5. The number of alkyl halides is 3. The molecular weight excluding hydrogens is 538 g/mol. The van der Waals surface area contributed by atoms with E-state index in [0.29, 0.717) is 25.9 Å². The van der Waals surface area contributed by atoms with Crippen LogP contribution >= 0.6 is 22.6 Å². The Morgan fingerprint density at radius 3 is 2.41 bits per heavy atom. The van der Waals surface area contributed by atoms with E-state index in [9.17, 15) is 18.0 Å². The number of aromatic nitrogens is 2. The van der Waals surface area contributed by atoms with Crippen LogP contribution in [0, 0.1) is 3.70 Å². The number of nitrogens with zero attached hydrogens (tertiary/aromatic N) is 3. The molecule has 0 radical (unpaired) electrons. The van der Waals surface area contributed by atoms with Crippen LogP contribution in [0.25, 0.3) is 0 Å². The number of benzene rings is 1. The molecule has 0 saturated carbocycles. The molecule has 176 valence electrons. The van der Waals surface area contributed by atoms with Gasteiger partial charge in [0.1, 0.15) is 20.9 Å². The topological polar surface area (TPSA) is 56.6 Å². The summed E-state index contributed by atoms with van der Waals surface area (Å²) in [4.78, 5) is 19.4. The first-order chi connectivity index (χ1) is 14.9. The van der Waals surface area contributed by atoms with Crippen LogP contribution in [0.3, 0.4) is 0 Å². The molecule has 3 rings (SSSR count). The first kappa shape index (κ1) is 24.7. The number of carbonyl (C=O) groups excluding carboxylic acids is 1. The third-order valence-electron chi connectivity index (χ3n) is 5.10. The Bertz CT molecular complexity index is 952. The highest BCUT2D eigenvalue weighted by atomic mass is 127. The van der Waals surface area contributed by atoms with Gasteiger partial charge < -0.3 is 14.0 Å². The minimum atomic E-state index is -4.72. The van der Waals surface area contributed by atoms with E-state index in [1.807, 2.05) is 27.7 Å². The Balaban J connectivity index is 1.83. The molecule has 1 aliphatic heterocycles. The van der Waals surface area contributed by atoms with Crippen molar-refractivity contribution in [1.82, 2.24) is 14.5 Å². The lowest BCUT2D eigenvalue weighted by molar-refractivity contribution is -0.274. The van der Waals surface area contributed by atoms with Crippen LogP contribution in [0.4, 0.5) is 18.0 Å². The molecule has 1 unspecified atom stereocenters. The molecule has 2 aromatic rings. The Hall–Kier alpha value is -1.98. The molecule has 0 bridgehead atoms. The van der Waals surface area contributed by atoms with Crippen LogP contribution in [-0.2, 0) is 24.1 Å². The van der Waals surface area contributed by atoms with Crippen LogP contribution in [0.1, 0.15) is 57.2 Å². The number of ether oxygens (including phenoxy) is 2. The van der Waals surface area contributed by atoms with Crippen molar-refractivity contribution in [2.75, 3.05) is 6.54 Å². The normalized spacial score (nSPS) is 16.6. The fourth-order valence-corrected chi connectivity index (χ4v) is 4.75. The largest absolute Gasteiger partial charge is 0.573 e. The Kier molecular flexibility index (Phi) is 7.31. The first-order valence-electron chi connectivity index (χ1n) is 10.5. The molecule has 0 aliphatic carbocycles. The number of halogens is 4. The second-order valence-corrected chi connectivity index (χ2v) is 9.65. The Labute approximate surface area is 199 Å². The van der Waals surface area contributed by atoms with Crippen LogP contribution in [0.15, 0.2) is 24.3 Å². The maximum Gasteiger partial charge on any atom is 0.573 e. The van der Waals surface area contributed by atoms with Crippen molar-refractivity contribution in [3.63, 3.8) is 0 Å². The molecule has 0 fully saturated rings. The number of rotatable bonds is 5. The zero-order valence-corrected chi connectivity index (χ0v) is 20.7. The highest BCUT2D eigenvalue weighted by Gasteiger charge is 2.37. The highest BCUT2D eigenvalue weighted by molar-refractivity contribution is 14.1. The molecule has 1 amide bonds. The predicted octanol–water partition coefficient (Wildman–Crippen LogP) is 5.87. The number of fused-ring (bicyclic) bond motifs is 1. The van der Waals surface area contributed by atoms with Gasteiger partial charge in [-0.1, -0.05) is 19.1 Å². The lowest BCUT2D eigenvalue weighted by Gasteiger charge is -2.38. The van der Waals surface area contributed by atoms with Crippen molar-refractivity contribution in [1.29, 1.82) is 0 Å². The fraction of sp³-hybridized carbons (Fsp3) is 0.545. The van der Waals surface area contributed by atoms with Gasteiger partial charge >= 0.3 is 12.5 Å². The number of hydrogen-bond acceptors (Lipinski definition) is 4. The zero-order chi connectivity index (χ0) is 23.7. The smallest absolute Gasteiger partial charge is 0.444 e. The quantitative estimate of drug-likeness (QED) is 0.426. The standard InChI is InChI=1S/C22H27F3IN3O3/c1-5-17-27-19(26)18-16(28(12-13-29(17)18)20(30)32-21(2,3)4)11-8-14-6-9-15(10-7-14)31-22(23,24)25/h6-7,9-10,16H,5,8,11-13H2,1-4H3. The van der Waals surface area contributed by atoms with E-state index in [2.05, 4.69) is 36.9 Å². The number of aryl methyl sites for hydroxylation is 2. The van der Waals surface area contributed by atoms with E-state index in [-0.39, 0.29) is 17.9 Å². The van der Waals surface area contributed by atoms with Crippen molar-refractivity contribution < 1.29 is 27.4 Å². The van der Waals surface area contributed by atoms with Crippen molar-refractivity contribution in [2.45, 2.75) is 71.5 Å². The second-order valence-electron chi connectivity index (χ2n) is 8.63. The summed E-state index contributed by atoms with van der Waals surface area (Å²) in [5, 5.41) is 0. The summed E-state index contributed by atoms with van der Waals surface area (Å²) in [6, 6.07) is 5.59.